The molecule has 0 saturated carbocycles. The number of pyridine rings is 1. The van der Waals surface area contributed by atoms with E-state index in [9.17, 15) is 9.59 Å². The number of fused-ring (bicyclic) bond motifs is 1. The number of para-hydroxylation sites is 1. The summed E-state index contributed by atoms with van der Waals surface area (Å²) in [7, 11) is 0. The third-order valence-electron chi connectivity index (χ3n) is 3.09. The van der Waals surface area contributed by atoms with Crippen LogP contribution in [-0.2, 0) is 11.3 Å². The summed E-state index contributed by atoms with van der Waals surface area (Å²) in [6.45, 7) is -0.0357. The van der Waals surface area contributed by atoms with Crippen LogP contribution in [0.2, 0.25) is 5.15 Å². The molecular weight excluding hydrogens is 304 g/mol. The molecule has 0 atom stereocenters. The van der Waals surface area contributed by atoms with Gasteiger partial charge in [0, 0.05) is 11.6 Å². The molecule has 1 amide bonds. The summed E-state index contributed by atoms with van der Waals surface area (Å²) in [5, 5.41) is 7.41. The molecule has 0 bridgehead atoms. The summed E-state index contributed by atoms with van der Waals surface area (Å²) in [4.78, 5) is 27.8. The van der Waals surface area contributed by atoms with Gasteiger partial charge < -0.3 is 5.32 Å². The Morgan fingerprint density at radius 1 is 1.23 bits per heavy atom. The molecular formula is C15H11ClN4O2. The lowest BCUT2D eigenvalue weighted by Crippen LogP contribution is -2.22. The standard InChI is InChI=1S/C15H11ClN4O2/c16-15-11(5-3-7-17-15)19-14(22)9-20-12-6-2-1-4-10(12)13(21)8-18-20/h1-8H,9H2,(H,19,22). The van der Waals surface area contributed by atoms with Gasteiger partial charge in [-0.25, -0.2) is 4.98 Å². The molecule has 1 aromatic carbocycles. The van der Waals surface area contributed by atoms with Gasteiger partial charge in [0.2, 0.25) is 11.3 Å². The second-order valence-corrected chi connectivity index (χ2v) is 4.93. The Kier molecular flexibility index (Phi) is 3.84. The molecule has 0 aliphatic carbocycles. The van der Waals surface area contributed by atoms with Crippen LogP contribution in [0.3, 0.4) is 0 Å². The molecule has 110 valence electrons. The number of benzene rings is 1. The number of nitrogens with zero attached hydrogens (tertiary/aromatic N) is 3. The highest BCUT2D eigenvalue weighted by atomic mass is 35.5. The van der Waals surface area contributed by atoms with Crippen molar-refractivity contribution in [1.29, 1.82) is 0 Å². The minimum absolute atomic E-state index is 0.0357. The fraction of sp³-hybridized carbons (Fsp3) is 0.0667. The van der Waals surface area contributed by atoms with E-state index in [1.54, 1.807) is 36.4 Å². The van der Waals surface area contributed by atoms with E-state index in [-0.39, 0.29) is 23.0 Å². The molecule has 22 heavy (non-hydrogen) atoms. The monoisotopic (exact) mass is 314 g/mol. The topological polar surface area (TPSA) is 76.9 Å². The fourth-order valence-electron chi connectivity index (χ4n) is 2.09. The van der Waals surface area contributed by atoms with Crippen molar-refractivity contribution in [3.05, 3.63) is 64.2 Å². The maximum absolute atomic E-state index is 12.1. The molecule has 2 aromatic heterocycles. The van der Waals surface area contributed by atoms with Gasteiger partial charge in [-0.15, -0.1) is 0 Å². The van der Waals surface area contributed by atoms with E-state index in [1.165, 1.54) is 17.1 Å². The fourth-order valence-corrected chi connectivity index (χ4v) is 2.26. The van der Waals surface area contributed by atoms with Gasteiger partial charge in [0.05, 0.1) is 17.4 Å². The smallest absolute Gasteiger partial charge is 0.246 e. The van der Waals surface area contributed by atoms with Crippen molar-refractivity contribution in [3.63, 3.8) is 0 Å². The summed E-state index contributed by atoms with van der Waals surface area (Å²) in [5.41, 5.74) is 0.851. The van der Waals surface area contributed by atoms with Crippen molar-refractivity contribution in [2.45, 2.75) is 6.54 Å². The molecule has 6 nitrogen and oxygen atoms in total. The molecule has 0 unspecified atom stereocenters. The predicted octanol–water partition coefficient (Wildman–Crippen LogP) is 2.08. The van der Waals surface area contributed by atoms with Crippen LogP contribution in [0.5, 0.6) is 0 Å². The zero-order valence-electron chi connectivity index (χ0n) is 11.4. The number of amides is 1. The second-order valence-electron chi connectivity index (χ2n) is 4.57. The number of halogens is 1. The lowest BCUT2D eigenvalue weighted by Gasteiger charge is -2.10. The van der Waals surface area contributed by atoms with Gasteiger partial charge >= 0.3 is 0 Å². The molecule has 0 aliphatic rings. The van der Waals surface area contributed by atoms with Gasteiger partial charge in [-0.1, -0.05) is 23.7 Å². The molecule has 0 saturated heterocycles. The number of carbonyl (C=O) groups is 1. The highest BCUT2D eigenvalue weighted by Crippen LogP contribution is 2.17. The van der Waals surface area contributed by atoms with Gasteiger partial charge in [0.25, 0.3) is 0 Å². The van der Waals surface area contributed by atoms with E-state index >= 15 is 0 Å². The summed E-state index contributed by atoms with van der Waals surface area (Å²) < 4.78 is 1.47. The SMILES string of the molecule is O=C(Cn1ncc(=O)c2ccccc21)Nc1cccnc1Cl. The molecule has 2 heterocycles. The van der Waals surface area contributed by atoms with Crippen LogP contribution in [0.25, 0.3) is 10.9 Å². The lowest BCUT2D eigenvalue weighted by molar-refractivity contribution is -0.116. The maximum atomic E-state index is 12.1. The average molecular weight is 315 g/mol. The summed E-state index contributed by atoms with van der Waals surface area (Å²) >= 11 is 5.90. The Labute approximate surface area is 130 Å². The van der Waals surface area contributed by atoms with Gasteiger partial charge in [-0.05, 0) is 24.3 Å². The number of anilines is 1. The van der Waals surface area contributed by atoms with Crippen molar-refractivity contribution in [3.8, 4) is 0 Å². The molecule has 1 N–H and O–H groups in total. The van der Waals surface area contributed by atoms with Gasteiger partial charge in [0.15, 0.2) is 5.15 Å². The molecule has 7 heteroatoms. The van der Waals surface area contributed by atoms with Crippen molar-refractivity contribution in [2.75, 3.05) is 5.32 Å². The quantitative estimate of drug-likeness (QED) is 0.751. The van der Waals surface area contributed by atoms with Crippen molar-refractivity contribution >= 4 is 34.1 Å². The Hall–Kier alpha value is -2.73. The minimum Gasteiger partial charge on any atom is -0.322 e. The molecule has 3 aromatic rings. The first-order valence-corrected chi connectivity index (χ1v) is 6.88. The van der Waals surface area contributed by atoms with Crippen molar-refractivity contribution < 1.29 is 4.79 Å². The van der Waals surface area contributed by atoms with Crippen LogP contribution in [0, 0.1) is 0 Å². The van der Waals surface area contributed by atoms with E-state index in [2.05, 4.69) is 15.4 Å². The molecule has 0 spiro atoms. The predicted molar refractivity (Wildman–Crippen MR) is 83.9 cm³/mol. The highest BCUT2D eigenvalue weighted by Gasteiger charge is 2.10. The van der Waals surface area contributed by atoms with Crippen molar-refractivity contribution in [2.24, 2.45) is 0 Å². The van der Waals surface area contributed by atoms with Crippen LogP contribution < -0.4 is 10.7 Å². The van der Waals surface area contributed by atoms with Crippen LogP contribution in [-0.4, -0.2) is 20.7 Å². The molecule has 0 radical (unpaired) electrons. The second kappa shape index (κ2) is 5.95. The van der Waals surface area contributed by atoms with E-state index in [0.717, 1.165) is 0 Å². The van der Waals surface area contributed by atoms with Crippen LogP contribution in [0.15, 0.2) is 53.6 Å². The third kappa shape index (κ3) is 2.82. The number of hydrogen-bond acceptors (Lipinski definition) is 4. The first-order valence-electron chi connectivity index (χ1n) is 6.50. The molecule has 3 rings (SSSR count). The van der Waals surface area contributed by atoms with E-state index in [1.807, 2.05) is 0 Å². The summed E-state index contributed by atoms with van der Waals surface area (Å²) in [5.74, 6) is -0.309. The zero-order chi connectivity index (χ0) is 15.5. The minimum atomic E-state index is -0.309. The Balaban J connectivity index is 1.88. The van der Waals surface area contributed by atoms with Crippen LogP contribution >= 0.6 is 11.6 Å². The van der Waals surface area contributed by atoms with Crippen LogP contribution in [0.1, 0.15) is 0 Å². The number of nitrogens with one attached hydrogen (secondary N) is 1. The van der Waals surface area contributed by atoms with E-state index in [4.69, 9.17) is 11.6 Å². The molecule has 0 aliphatic heterocycles. The first-order chi connectivity index (χ1) is 10.6. The zero-order valence-corrected chi connectivity index (χ0v) is 12.1. The number of aromatic nitrogens is 3. The summed E-state index contributed by atoms with van der Waals surface area (Å²) in [6, 6.07) is 10.3. The maximum Gasteiger partial charge on any atom is 0.246 e. The number of hydrogen-bond donors (Lipinski definition) is 1. The normalized spacial score (nSPS) is 10.6. The summed E-state index contributed by atoms with van der Waals surface area (Å²) in [6.07, 6.45) is 2.74. The van der Waals surface area contributed by atoms with Gasteiger partial charge in [-0.2, -0.15) is 5.10 Å². The Morgan fingerprint density at radius 3 is 2.86 bits per heavy atom. The van der Waals surface area contributed by atoms with E-state index in [0.29, 0.717) is 16.6 Å². The van der Waals surface area contributed by atoms with Gasteiger partial charge in [0.1, 0.15) is 6.54 Å². The number of rotatable bonds is 3. The lowest BCUT2D eigenvalue weighted by atomic mass is 10.2. The van der Waals surface area contributed by atoms with E-state index < -0.39 is 0 Å². The van der Waals surface area contributed by atoms with Gasteiger partial charge in [-0.3, -0.25) is 14.3 Å². The first kappa shape index (κ1) is 14.2. The number of carbonyl (C=O) groups excluding carboxylic acids is 1. The highest BCUT2D eigenvalue weighted by molar-refractivity contribution is 6.32. The van der Waals surface area contributed by atoms with Crippen molar-refractivity contribution in [1.82, 2.24) is 14.8 Å². The average Bonchev–Trinajstić information content (AvgIpc) is 2.53. The third-order valence-corrected chi connectivity index (χ3v) is 3.39. The van der Waals surface area contributed by atoms with Crippen LogP contribution in [0.4, 0.5) is 5.69 Å². The Morgan fingerprint density at radius 2 is 2.05 bits per heavy atom. The molecule has 0 fully saturated rings. The largest absolute Gasteiger partial charge is 0.322 e. The Bertz CT molecular complexity index is 907.